The highest BCUT2D eigenvalue weighted by Gasteiger charge is 2.19. The Morgan fingerprint density at radius 1 is 1.17 bits per heavy atom. The van der Waals surface area contributed by atoms with E-state index in [1.807, 2.05) is 6.92 Å². The van der Waals surface area contributed by atoms with Gasteiger partial charge in [0.15, 0.2) is 0 Å². The van der Waals surface area contributed by atoms with Crippen molar-refractivity contribution in [2.45, 2.75) is 23.6 Å². The van der Waals surface area contributed by atoms with Crippen LogP contribution in [0.2, 0.25) is 0 Å². The summed E-state index contributed by atoms with van der Waals surface area (Å²) in [5.74, 6) is 0.0191. The van der Waals surface area contributed by atoms with E-state index in [0.29, 0.717) is 6.54 Å². The van der Waals surface area contributed by atoms with Crippen LogP contribution in [-0.2, 0) is 16.1 Å². The summed E-state index contributed by atoms with van der Waals surface area (Å²) in [4.78, 5) is 27.9. The Bertz CT molecular complexity index is 836. The molecule has 0 aromatic heterocycles. The van der Waals surface area contributed by atoms with E-state index in [0.717, 1.165) is 36.8 Å². The van der Waals surface area contributed by atoms with Crippen LogP contribution in [0, 0.1) is 10.1 Å². The summed E-state index contributed by atoms with van der Waals surface area (Å²) >= 11 is 1.40. The van der Waals surface area contributed by atoms with Crippen LogP contribution in [0.25, 0.3) is 0 Å². The second-order valence-electron chi connectivity index (χ2n) is 6.97. The third-order valence-electron chi connectivity index (χ3n) is 4.82. The maximum Gasteiger partial charge on any atom is 0.269 e. The molecule has 1 unspecified atom stereocenters. The smallest absolute Gasteiger partial charge is 0.269 e. The van der Waals surface area contributed by atoms with Crippen LogP contribution in [0.5, 0.6) is 0 Å². The minimum absolute atomic E-state index is 0.0191. The quantitative estimate of drug-likeness (QED) is 0.391. The van der Waals surface area contributed by atoms with Gasteiger partial charge in [0.2, 0.25) is 5.91 Å². The van der Waals surface area contributed by atoms with Crippen LogP contribution in [0.3, 0.4) is 0 Å². The van der Waals surface area contributed by atoms with E-state index in [4.69, 9.17) is 4.74 Å². The number of hydrogen-bond donors (Lipinski definition) is 0. The van der Waals surface area contributed by atoms with Crippen molar-refractivity contribution in [3.63, 3.8) is 0 Å². The summed E-state index contributed by atoms with van der Waals surface area (Å²) in [6.07, 6.45) is 0. The number of benzene rings is 2. The molecule has 0 radical (unpaired) electrons. The summed E-state index contributed by atoms with van der Waals surface area (Å²) in [7, 11) is 1.80. The Labute approximate surface area is 174 Å². The molecule has 0 aliphatic carbocycles. The van der Waals surface area contributed by atoms with Crippen molar-refractivity contribution in [3.05, 3.63) is 64.2 Å². The van der Waals surface area contributed by atoms with Crippen LogP contribution in [0.4, 0.5) is 11.4 Å². The fourth-order valence-electron chi connectivity index (χ4n) is 3.20. The van der Waals surface area contributed by atoms with Gasteiger partial charge < -0.3 is 14.5 Å². The molecule has 1 aliphatic rings. The first-order valence-corrected chi connectivity index (χ1v) is 10.4. The van der Waals surface area contributed by atoms with Gasteiger partial charge in [0.05, 0.1) is 23.4 Å². The summed E-state index contributed by atoms with van der Waals surface area (Å²) < 4.78 is 5.39. The number of carbonyl (C=O) groups is 1. The molecule has 29 heavy (non-hydrogen) atoms. The van der Waals surface area contributed by atoms with Gasteiger partial charge in [-0.05, 0) is 36.8 Å². The third-order valence-corrected chi connectivity index (χ3v) is 5.92. The standard InChI is InChI=1S/C21H25N3O4S/c1-16(29-20-9-7-19(8-10-20)24(26)27)21(25)22(2)15-17-3-5-18(6-4-17)23-11-13-28-14-12-23/h3-10,16H,11-15H2,1-2H3. The fourth-order valence-corrected chi connectivity index (χ4v) is 4.18. The van der Waals surface area contributed by atoms with Crippen LogP contribution < -0.4 is 4.90 Å². The van der Waals surface area contributed by atoms with Gasteiger partial charge in [-0.2, -0.15) is 0 Å². The van der Waals surface area contributed by atoms with Gasteiger partial charge in [-0.25, -0.2) is 0 Å². The molecule has 0 N–H and O–H groups in total. The SMILES string of the molecule is CC(Sc1ccc([N+](=O)[O-])cc1)C(=O)N(C)Cc1ccc(N2CCOCC2)cc1. The zero-order chi connectivity index (χ0) is 20.8. The molecule has 154 valence electrons. The summed E-state index contributed by atoms with van der Waals surface area (Å²) in [5, 5.41) is 10.5. The predicted molar refractivity (Wildman–Crippen MR) is 114 cm³/mol. The summed E-state index contributed by atoms with van der Waals surface area (Å²) in [6, 6.07) is 14.6. The fraction of sp³-hybridized carbons (Fsp3) is 0.381. The van der Waals surface area contributed by atoms with Crippen molar-refractivity contribution in [2.24, 2.45) is 0 Å². The predicted octanol–water partition coefficient (Wildman–Crippen LogP) is 3.57. The van der Waals surface area contributed by atoms with Crippen molar-refractivity contribution >= 4 is 29.0 Å². The highest BCUT2D eigenvalue weighted by Crippen LogP contribution is 2.26. The molecule has 0 saturated carbocycles. The van der Waals surface area contributed by atoms with Gasteiger partial charge in [-0.1, -0.05) is 12.1 Å². The van der Waals surface area contributed by atoms with Gasteiger partial charge in [0.1, 0.15) is 0 Å². The van der Waals surface area contributed by atoms with Gasteiger partial charge in [0, 0.05) is 49.4 Å². The average Bonchev–Trinajstić information content (AvgIpc) is 2.74. The van der Waals surface area contributed by atoms with Crippen LogP contribution in [-0.4, -0.2) is 54.3 Å². The number of morpholine rings is 1. The van der Waals surface area contributed by atoms with E-state index in [2.05, 4.69) is 29.2 Å². The maximum absolute atomic E-state index is 12.7. The molecule has 2 aromatic carbocycles. The number of nitrogens with zero attached hydrogens (tertiary/aromatic N) is 3. The Morgan fingerprint density at radius 2 is 1.79 bits per heavy atom. The number of thioether (sulfide) groups is 1. The van der Waals surface area contributed by atoms with E-state index in [1.165, 1.54) is 29.6 Å². The molecular formula is C21H25N3O4S. The Balaban J connectivity index is 1.54. The van der Waals surface area contributed by atoms with E-state index in [-0.39, 0.29) is 16.8 Å². The second kappa shape index (κ2) is 9.76. The normalized spacial score (nSPS) is 15.0. The number of anilines is 1. The summed E-state index contributed by atoms with van der Waals surface area (Å²) in [6.45, 7) is 5.69. The molecular weight excluding hydrogens is 390 g/mol. The summed E-state index contributed by atoms with van der Waals surface area (Å²) in [5.41, 5.74) is 2.30. The molecule has 1 saturated heterocycles. The van der Waals surface area contributed by atoms with Crippen molar-refractivity contribution in [1.82, 2.24) is 4.90 Å². The number of non-ortho nitro benzene ring substituents is 1. The lowest BCUT2D eigenvalue weighted by Crippen LogP contribution is -2.36. The maximum atomic E-state index is 12.7. The van der Waals surface area contributed by atoms with Crippen molar-refractivity contribution < 1.29 is 14.5 Å². The molecule has 1 atom stereocenters. The number of ether oxygens (including phenoxy) is 1. The molecule has 3 rings (SSSR count). The van der Waals surface area contributed by atoms with Crippen LogP contribution in [0.1, 0.15) is 12.5 Å². The van der Waals surface area contributed by atoms with Crippen LogP contribution in [0.15, 0.2) is 53.4 Å². The Hall–Kier alpha value is -2.58. The molecule has 0 spiro atoms. The number of carbonyl (C=O) groups excluding carboxylic acids is 1. The molecule has 1 heterocycles. The lowest BCUT2D eigenvalue weighted by atomic mass is 10.1. The average molecular weight is 416 g/mol. The first-order valence-electron chi connectivity index (χ1n) is 9.52. The largest absolute Gasteiger partial charge is 0.378 e. The Morgan fingerprint density at radius 3 is 2.38 bits per heavy atom. The molecule has 1 fully saturated rings. The Kier molecular flexibility index (Phi) is 7.11. The van der Waals surface area contributed by atoms with E-state index < -0.39 is 4.92 Å². The molecule has 0 bridgehead atoms. The van der Waals surface area contributed by atoms with Crippen molar-refractivity contribution in [2.75, 3.05) is 38.3 Å². The molecule has 7 nitrogen and oxygen atoms in total. The zero-order valence-electron chi connectivity index (χ0n) is 16.6. The lowest BCUT2D eigenvalue weighted by molar-refractivity contribution is -0.384. The monoisotopic (exact) mass is 415 g/mol. The number of amides is 1. The first-order chi connectivity index (χ1) is 13.9. The molecule has 8 heteroatoms. The first kappa shape index (κ1) is 21.1. The van der Waals surface area contributed by atoms with Gasteiger partial charge in [0.25, 0.3) is 5.69 Å². The highest BCUT2D eigenvalue weighted by molar-refractivity contribution is 8.00. The van der Waals surface area contributed by atoms with Crippen molar-refractivity contribution in [3.8, 4) is 0 Å². The van der Waals surface area contributed by atoms with Crippen molar-refractivity contribution in [1.29, 1.82) is 0 Å². The molecule has 2 aromatic rings. The highest BCUT2D eigenvalue weighted by atomic mass is 32.2. The lowest BCUT2D eigenvalue weighted by Gasteiger charge is -2.29. The van der Waals surface area contributed by atoms with E-state index >= 15 is 0 Å². The zero-order valence-corrected chi connectivity index (χ0v) is 17.4. The molecule has 1 amide bonds. The van der Waals surface area contributed by atoms with E-state index in [9.17, 15) is 14.9 Å². The number of nitro groups is 1. The minimum atomic E-state index is -0.429. The number of hydrogen-bond acceptors (Lipinski definition) is 6. The third kappa shape index (κ3) is 5.71. The number of rotatable bonds is 7. The topological polar surface area (TPSA) is 75.9 Å². The number of nitro benzene ring substituents is 1. The second-order valence-corrected chi connectivity index (χ2v) is 8.39. The minimum Gasteiger partial charge on any atom is -0.378 e. The van der Waals surface area contributed by atoms with Gasteiger partial charge in [-0.3, -0.25) is 14.9 Å². The van der Waals surface area contributed by atoms with Gasteiger partial charge >= 0.3 is 0 Å². The molecule has 1 aliphatic heterocycles. The van der Waals surface area contributed by atoms with E-state index in [1.54, 1.807) is 24.1 Å². The van der Waals surface area contributed by atoms with Gasteiger partial charge in [-0.15, -0.1) is 11.8 Å². The van der Waals surface area contributed by atoms with Crippen LogP contribution >= 0.6 is 11.8 Å².